The summed E-state index contributed by atoms with van der Waals surface area (Å²) in [6.07, 6.45) is 4.61. The quantitative estimate of drug-likeness (QED) is 0.777. The number of aromatic nitrogens is 1. The Labute approximate surface area is 107 Å². The van der Waals surface area contributed by atoms with E-state index in [1.165, 1.54) is 4.31 Å². The van der Waals surface area contributed by atoms with Gasteiger partial charge in [0.25, 0.3) is 0 Å². The van der Waals surface area contributed by atoms with Gasteiger partial charge in [0, 0.05) is 30.9 Å². The smallest absolute Gasteiger partial charge is 0.214 e. The van der Waals surface area contributed by atoms with E-state index >= 15 is 0 Å². The zero-order chi connectivity index (χ0) is 12.3. The summed E-state index contributed by atoms with van der Waals surface area (Å²) in [5.74, 6) is 0.140. The molecule has 4 nitrogen and oxygen atoms in total. The van der Waals surface area contributed by atoms with Crippen LogP contribution in [0.15, 0.2) is 24.5 Å². The maximum atomic E-state index is 12.0. The minimum absolute atomic E-state index is 0.0364. The Kier molecular flexibility index (Phi) is 4.01. The van der Waals surface area contributed by atoms with Crippen molar-refractivity contribution in [2.45, 2.75) is 18.2 Å². The van der Waals surface area contributed by atoms with Crippen LogP contribution in [-0.2, 0) is 16.4 Å². The van der Waals surface area contributed by atoms with Crippen molar-refractivity contribution in [2.75, 3.05) is 18.8 Å². The van der Waals surface area contributed by atoms with Gasteiger partial charge in [0.15, 0.2) is 0 Å². The molecule has 1 fully saturated rings. The molecule has 0 aliphatic carbocycles. The first kappa shape index (κ1) is 12.8. The molecule has 1 aromatic heterocycles. The van der Waals surface area contributed by atoms with Crippen molar-refractivity contribution in [3.63, 3.8) is 0 Å². The monoisotopic (exact) mass is 274 g/mol. The van der Waals surface area contributed by atoms with E-state index in [4.69, 9.17) is 11.6 Å². The van der Waals surface area contributed by atoms with Crippen LogP contribution in [0.5, 0.6) is 0 Å². The summed E-state index contributed by atoms with van der Waals surface area (Å²) >= 11 is 5.92. The summed E-state index contributed by atoms with van der Waals surface area (Å²) in [5, 5.41) is -0.0364. The van der Waals surface area contributed by atoms with Gasteiger partial charge >= 0.3 is 0 Å². The second-order valence-corrected chi connectivity index (χ2v) is 6.87. The van der Waals surface area contributed by atoms with E-state index in [0.717, 1.165) is 12.0 Å². The highest BCUT2D eigenvalue weighted by atomic mass is 35.5. The standard InChI is InChI=1S/C11H15ClN2O2S/c12-11-3-7-14(9-11)17(15,16)8-4-10-1-5-13-6-2-10/h1-2,5-6,11H,3-4,7-9H2. The third-order valence-corrected chi connectivity index (χ3v) is 5.08. The van der Waals surface area contributed by atoms with Crippen molar-refractivity contribution in [1.82, 2.24) is 9.29 Å². The highest BCUT2D eigenvalue weighted by molar-refractivity contribution is 7.89. The van der Waals surface area contributed by atoms with Crippen molar-refractivity contribution >= 4 is 21.6 Å². The first-order chi connectivity index (χ1) is 8.08. The van der Waals surface area contributed by atoms with Crippen LogP contribution < -0.4 is 0 Å². The van der Waals surface area contributed by atoms with Crippen LogP contribution in [0.1, 0.15) is 12.0 Å². The average Bonchev–Trinajstić information content (AvgIpc) is 2.76. The van der Waals surface area contributed by atoms with Crippen LogP contribution in [0.2, 0.25) is 0 Å². The molecular formula is C11H15ClN2O2S. The molecule has 94 valence electrons. The number of nitrogens with zero attached hydrogens (tertiary/aromatic N) is 2. The first-order valence-corrected chi connectivity index (χ1v) is 7.63. The van der Waals surface area contributed by atoms with Crippen LogP contribution in [0, 0.1) is 0 Å². The number of halogens is 1. The predicted molar refractivity (Wildman–Crippen MR) is 67.6 cm³/mol. The maximum absolute atomic E-state index is 12.0. The molecule has 1 atom stereocenters. The lowest BCUT2D eigenvalue weighted by Crippen LogP contribution is -2.31. The molecule has 0 N–H and O–H groups in total. The van der Waals surface area contributed by atoms with E-state index in [2.05, 4.69) is 4.98 Å². The highest BCUT2D eigenvalue weighted by Crippen LogP contribution is 2.18. The van der Waals surface area contributed by atoms with Crippen molar-refractivity contribution in [1.29, 1.82) is 0 Å². The molecule has 1 aliphatic heterocycles. The molecular weight excluding hydrogens is 260 g/mol. The van der Waals surface area contributed by atoms with Crippen molar-refractivity contribution in [3.8, 4) is 0 Å². The Bertz CT molecular complexity index is 464. The maximum Gasteiger partial charge on any atom is 0.214 e. The van der Waals surface area contributed by atoms with Crippen LogP contribution in [0.25, 0.3) is 0 Å². The van der Waals surface area contributed by atoms with Gasteiger partial charge in [-0.05, 0) is 30.5 Å². The molecule has 2 heterocycles. The second kappa shape index (κ2) is 5.33. The topological polar surface area (TPSA) is 50.3 Å². The Hall–Kier alpha value is -0.650. The lowest BCUT2D eigenvalue weighted by molar-refractivity contribution is 0.477. The molecule has 0 spiro atoms. The van der Waals surface area contributed by atoms with Crippen LogP contribution in [0.4, 0.5) is 0 Å². The van der Waals surface area contributed by atoms with E-state index in [9.17, 15) is 8.42 Å². The number of aryl methyl sites for hydroxylation is 1. The van der Waals surface area contributed by atoms with Gasteiger partial charge in [0.1, 0.15) is 0 Å². The van der Waals surface area contributed by atoms with E-state index in [0.29, 0.717) is 19.5 Å². The summed E-state index contributed by atoms with van der Waals surface area (Å²) in [6, 6.07) is 3.67. The van der Waals surface area contributed by atoms with Crippen molar-refractivity contribution < 1.29 is 8.42 Å². The first-order valence-electron chi connectivity index (χ1n) is 5.59. The fraction of sp³-hybridized carbons (Fsp3) is 0.545. The molecule has 0 saturated carbocycles. The molecule has 1 unspecified atom stereocenters. The van der Waals surface area contributed by atoms with Crippen LogP contribution in [0.3, 0.4) is 0 Å². The normalized spacial score (nSPS) is 21.8. The number of rotatable bonds is 4. The summed E-state index contributed by atoms with van der Waals surface area (Å²) in [5.41, 5.74) is 0.991. The molecule has 1 aromatic rings. The SMILES string of the molecule is O=S(=O)(CCc1ccncc1)N1CCC(Cl)C1. The van der Waals surface area contributed by atoms with Gasteiger partial charge < -0.3 is 0 Å². The molecule has 17 heavy (non-hydrogen) atoms. The summed E-state index contributed by atoms with van der Waals surface area (Å²) in [7, 11) is -3.16. The predicted octanol–water partition coefficient (Wildman–Crippen LogP) is 1.27. The Morgan fingerprint density at radius 1 is 1.41 bits per heavy atom. The molecule has 0 aromatic carbocycles. The number of hydrogen-bond acceptors (Lipinski definition) is 3. The zero-order valence-electron chi connectivity index (χ0n) is 9.42. The highest BCUT2D eigenvalue weighted by Gasteiger charge is 2.29. The number of hydrogen-bond donors (Lipinski definition) is 0. The average molecular weight is 275 g/mol. The lowest BCUT2D eigenvalue weighted by atomic mass is 10.2. The van der Waals surface area contributed by atoms with E-state index < -0.39 is 10.0 Å². The molecule has 0 amide bonds. The van der Waals surface area contributed by atoms with Crippen molar-refractivity contribution in [3.05, 3.63) is 30.1 Å². The van der Waals surface area contributed by atoms with Crippen LogP contribution in [-0.4, -0.2) is 41.9 Å². The third-order valence-electron chi connectivity index (χ3n) is 2.88. The van der Waals surface area contributed by atoms with Gasteiger partial charge in [-0.15, -0.1) is 11.6 Å². The Balaban J connectivity index is 1.94. The van der Waals surface area contributed by atoms with Crippen LogP contribution >= 0.6 is 11.6 Å². The van der Waals surface area contributed by atoms with Gasteiger partial charge in [-0.3, -0.25) is 4.98 Å². The number of alkyl halides is 1. The van der Waals surface area contributed by atoms with Gasteiger partial charge in [0.05, 0.1) is 5.75 Å². The number of pyridine rings is 1. The minimum Gasteiger partial charge on any atom is -0.265 e. The summed E-state index contributed by atoms with van der Waals surface area (Å²) in [4.78, 5) is 3.90. The fourth-order valence-electron chi connectivity index (χ4n) is 1.87. The molecule has 0 bridgehead atoms. The largest absolute Gasteiger partial charge is 0.265 e. The Morgan fingerprint density at radius 3 is 2.71 bits per heavy atom. The molecule has 1 saturated heterocycles. The Morgan fingerprint density at radius 2 is 2.12 bits per heavy atom. The van der Waals surface area contributed by atoms with E-state index in [1.54, 1.807) is 12.4 Å². The van der Waals surface area contributed by atoms with Gasteiger partial charge in [0.2, 0.25) is 10.0 Å². The molecule has 0 radical (unpaired) electrons. The summed E-state index contributed by atoms with van der Waals surface area (Å²) in [6.45, 7) is 0.993. The zero-order valence-corrected chi connectivity index (χ0v) is 11.0. The molecule has 2 rings (SSSR count). The second-order valence-electron chi connectivity index (χ2n) is 4.17. The third kappa shape index (κ3) is 3.40. The number of sulfonamides is 1. The lowest BCUT2D eigenvalue weighted by Gasteiger charge is -2.15. The molecule has 1 aliphatic rings. The summed E-state index contributed by atoms with van der Waals surface area (Å²) < 4.78 is 25.5. The van der Waals surface area contributed by atoms with E-state index in [1.807, 2.05) is 12.1 Å². The molecule has 6 heteroatoms. The van der Waals surface area contributed by atoms with Gasteiger partial charge in [-0.1, -0.05) is 0 Å². The van der Waals surface area contributed by atoms with E-state index in [-0.39, 0.29) is 11.1 Å². The van der Waals surface area contributed by atoms with Gasteiger partial charge in [-0.25, -0.2) is 12.7 Å². The van der Waals surface area contributed by atoms with Crippen molar-refractivity contribution in [2.24, 2.45) is 0 Å². The minimum atomic E-state index is -3.16. The fourth-order valence-corrected chi connectivity index (χ4v) is 3.75. The van der Waals surface area contributed by atoms with Gasteiger partial charge in [-0.2, -0.15) is 0 Å².